The molecule has 2 aliphatic heterocycles. The van der Waals surface area contributed by atoms with Gasteiger partial charge in [0.25, 0.3) is 0 Å². The summed E-state index contributed by atoms with van der Waals surface area (Å²) in [6.45, 7) is 5.37. The third-order valence-electron chi connectivity index (χ3n) is 4.43. The van der Waals surface area contributed by atoms with Gasteiger partial charge in [0, 0.05) is 38.9 Å². The van der Waals surface area contributed by atoms with Gasteiger partial charge in [0.15, 0.2) is 5.82 Å². The molecular formula is C15H23N5O. The largest absolute Gasteiger partial charge is 0.353 e. The molecule has 3 heterocycles. The number of anilines is 1. The van der Waals surface area contributed by atoms with Crippen LogP contribution in [0.5, 0.6) is 0 Å². The summed E-state index contributed by atoms with van der Waals surface area (Å²) < 4.78 is 0. The van der Waals surface area contributed by atoms with Crippen molar-refractivity contribution in [2.45, 2.75) is 12.8 Å². The van der Waals surface area contributed by atoms with Gasteiger partial charge in [0.1, 0.15) is 0 Å². The number of carbonyl (C=O) groups excluding carboxylic acids is 1. The van der Waals surface area contributed by atoms with Gasteiger partial charge in [-0.3, -0.25) is 4.79 Å². The molecule has 2 saturated heterocycles. The van der Waals surface area contributed by atoms with E-state index in [1.165, 1.54) is 0 Å². The van der Waals surface area contributed by atoms with Crippen LogP contribution in [0.2, 0.25) is 0 Å². The van der Waals surface area contributed by atoms with Crippen LogP contribution in [0.4, 0.5) is 5.82 Å². The Morgan fingerprint density at radius 1 is 1.24 bits per heavy atom. The van der Waals surface area contributed by atoms with Crippen LogP contribution in [-0.4, -0.2) is 72.2 Å². The Morgan fingerprint density at radius 2 is 2.14 bits per heavy atom. The summed E-state index contributed by atoms with van der Waals surface area (Å²) in [6.07, 6.45) is 3.68. The van der Waals surface area contributed by atoms with Gasteiger partial charge < -0.3 is 14.7 Å². The van der Waals surface area contributed by atoms with Crippen molar-refractivity contribution in [2.75, 3.05) is 51.2 Å². The summed E-state index contributed by atoms with van der Waals surface area (Å²) in [7, 11) is 2.09. The minimum absolute atomic E-state index is 0.193. The minimum atomic E-state index is 0.193. The molecule has 0 aromatic carbocycles. The van der Waals surface area contributed by atoms with Gasteiger partial charge in [0.05, 0.1) is 5.92 Å². The van der Waals surface area contributed by atoms with Crippen LogP contribution in [-0.2, 0) is 4.79 Å². The van der Waals surface area contributed by atoms with Crippen molar-refractivity contribution in [3.8, 4) is 0 Å². The Hall–Kier alpha value is -1.69. The van der Waals surface area contributed by atoms with Crippen molar-refractivity contribution in [1.82, 2.24) is 20.0 Å². The lowest BCUT2D eigenvalue weighted by Gasteiger charge is -2.24. The lowest BCUT2D eigenvalue weighted by molar-refractivity contribution is -0.134. The van der Waals surface area contributed by atoms with E-state index in [4.69, 9.17) is 0 Å². The number of likely N-dealkylation sites (tertiary alicyclic amines) is 1. The highest BCUT2D eigenvalue weighted by molar-refractivity contribution is 5.79. The third-order valence-corrected chi connectivity index (χ3v) is 4.43. The fourth-order valence-corrected chi connectivity index (χ4v) is 3.22. The summed E-state index contributed by atoms with van der Waals surface area (Å²) in [6, 6.07) is 3.89. The predicted octanol–water partition coefficient (Wildman–Crippen LogP) is 0.467. The van der Waals surface area contributed by atoms with Crippen molar-refractivity contribution < 1.29 is 4.79 Å². The van der Waals surface area contributed by atoms with Crippen LogP contribution in [0.3, 0.4) is 0 Å². The summed E-state index contributed by atoms with van der Waals surface area (Å²) >= 11 is 0. The molecule has 6 nitrogen and oxygen atoms in total. The summed E-state index contributed by atoms with van der Waals surface area (Å²) in [4.78, 5) is 19.1. The van der Waals surface area contributed by atoms with E-state index in [1.807, 2.05) is 17.0 Å². The maximum absolute atomic E-state index is 12.6. The number of amides is 1. The number of carbonyl (C=O) groups is 1. The van der Waals surface area contributed by atoms with E-state index in [0.717, 1.165) is 57.9 Å². The summed E-state index contributed by atoms with van der Waals surface area (Å²) in [5, 5.41) is 8.11. The number of hydrogen-bond donors (Lipinski definition) is 0. The zero-order valence-corrected chi connectivity index (χ0v) is 12.6. The molecule has 0 saturated carbocycles. The van der Waals surface area contributed by atoms with Crippen molar-refractivity contribution in [1.29, 1.82) is 0 Å². The Bertz CT molecular complexity index is 480. The number of aromatic nitrogens is 2. The molecule has 0 unspecified atom stereocenters. The fourth-order valence-electron chi connectivity index (χ4n) is 3.22. The van der Waals surface area contributed by atoms with E-state index in [9.17, 15) is 4.79 Å². The molecule has 2 fully saturated rings. The highest BCUT2D eigenvalue weighted by Gasteiger charge is 2.30. The fraction of sp³-hybridized carbons (Fsp3) is 0.667. The second-order valence-corrected chi connectivity index (χ2v) is 6.00. The van der Waals surface area contributed by atoms with Crippen LogP contribution < -0.4 is 4.90 Å². The second-order valence-electron chi connectivity index (χ2n) is 6.00. The molecule has 1 aromatic heterocycles. The normalized spacial score (nSPS) is 24.1. The van der Waals surface area contributed by atoms with E-state index in [-0.39, 0.29) is 5.92 Å². The Kier molecular flexibility index (Phi) is 4.34. The van der Waals surface area contributed by atoms with Gasteiger partial charge in [-0.05, 0) is 38.6 Å². The van der Waals surface area contributed by atoms with Crippen LogP contribution in [0.15, 0.2) is 18.3 Å². The maximum Gasteiger partial charge on any atom is 0.227 e. The number of rotatable bonds is 2. The van der Waals surface area contributed by atoms with Gasteiger partial charge in [-0.1, -0.05) is 0 Å². The van der Waals surface area contributed by atoms with E-state index >= 15 is 0 Å². The van der Waals surface area contributed by atoms with Crippen LogP contribution >= 0.6 is 0 Å². The quantitative estimate of drug-likeness (QED) is 0.792. The van der Waals surface area contributed by atoms with Crippen molar-refractivity contribution in [3.63, 3.8) is 0 Å². The molecule has 0 N–H and O–H groups in total. The molecular weight excluding hydrogens is 266 g/mol. The minimum Gasteiger partial charge on any atom is -0.353 e. The zero-order valence-electron chi connectivity index (χ0n) is 12.6. The van der Waals surface area contributed by atoms with Gasteiger partial charge in [0.2, 0.25) is 5.91 Å². The Balaban J connectivity index is 1.59. The summed E-state index contributed by atoms with van der Waals surface area (Å²) in [5.74, 6) is 1.44. The molecule has 2 aliphatic rings. The van der Waals surface area contributed by atoms with Gasteiger partial charge >= 0.3 is 0 Å². The molecule has 1 amide bonds. The van der Waals surface area contributed by atoms with Gasteiger partial charge in [-0.2, -0.15) is 5.10 Å². The SMILES string of the molecule is CN1CC[C@H](C(=O)N2CCCN(c3cccnn3)CC2)C1. The maximum atomic E-state index is 12.6. The first-order chi connectivity index (χ1) is 10.2. The topological polar surface area (TPSA) is 52.6 Å². The van der Waals surface area contributed by atoms with E-state index in [0.29, 0.717) is 5.91 Å². The first-order valence-electron chi connectivity index (χ1n) is 7.74. The van der Waals surface area contributed by atoms with E-state index < -0.39 is 0 Å². The smallest absolute Gasteiger partial charge is 0.227 e. The van der Waals surface area contributed by atoms with Gasteiger partial charge in [-0.25, -0.2) is 0 Å². The van der Waals surface area contributed by atoms with Crippen molar-refractivity contribution in [2.24, 2.45) is 5.92 Å². The van der Waals surface area contributed by atoms with E-state index in [1.54, 1.807) is 6.20 Å². The van der Waals surface area contributed by atoms with Crippen LogP contribution in [0, 0.1) is 5.92 Å². The first kappa shape index (κ1) is 14.3. The van der Waals surface area contributed by atoms with Crippen LogP contribution in [0.25, 0.3) is 0 Å². The third kappa shape index (κ3) is 3.32. The lowest BCUT2D eigenvalue weighted by Crippen LogP contribution is -2.39. The lowest BCUT2D eigenvalue weighted by atomic mass is 10.1. The van der Waals surface area contributed by atoms with Crippen LogP contribution in [0.1, 0.15) is 12.8 Å². The average Bonchev–Trinajstić information content (AvgIpc) is 2.81. The zero-order chi connectivity index (χ0) is 14.7. The molecule has 1 atom stereocenters. The molecule has 0 aliphatic carbocycles. The molecule has 0 spiro atoms. The molecule has 114 valence electrons. The van der Waals surface area contributed by atoms with Crippen molar-refractivity contribution in [3.05, 3.63) is 18.3 Å². The molecule has 1 aromatic rings. The van der Waals surface area contributed by atoms with Gasteiger partial charge in [-0.15, -0.1) is 5.10 Å². The standard InChI is InChI=1S/C15H23N5O/c1-18-9-5-13(12-18)15(21)20-8-3-7-19(10-11-20)14-4-2-6-16-17-14/h2,4,6,13H,3,5,7-12H2,1H3/t13-/m0/s1. The predicted molar refractivity (Wildman–Crippen MR) is 81.0 cm³/mol. The molecule has 0 radical (unpaired) electrons. The molecule has 0 bridgehead atoms. The first-order valence-corrected chi connectivity index (χ1v) is 7.74. The van der Waals surface area contributed by atoms with Crippen molar-refractivity contribution >= 4 is 11.7 Å². The second kappa shape index (κ2) is 6.39. The highest BCUT2D eigenvalue weighted by Crippen LogP contribution is 2.19. The molecule has 3 rings (SSSR count). The van der Waals surface area contributed by atoms with E-state index in [2.05, 4.69) is 27.0 Å². The number of hydrogen-bond acceptors (Lipinski definition) is 5. The average molecular weight is 289 g/mol. The highest BCUT2D eigenvalue weighted by atomic mass is 16.2. The number of nitrogens with zero attached hydrogens (tertiary/aromatic N) is 5. The molecule has 21 heavy (non-hydrogen) atoms. The summed E-state index contributed by atoms with van der Waals surface area (Å²) in [5.41, 5.74) is 0. The molecule has 6 heteroatoms. The Labute approximate surface area is 125 Å². The Morgan fingerprint density at radius 3 is 2.86 bits per heavy atom. The monoisotopic (exact) mass is 289 g/mol.